The number of hydrogen-bond donors (Lipinski definition) is 1. The first kappa shape index (κ1) is 13.0. The minimum atomic E-state index is -0.198. The molecule has 1 aliphatic rings. The smallest absolute Gasteiger partial charge is 0.128 e. The van der Waals surface area contributed by atoms with Crippen molar-refractivity contribution < 1.29 is 9.13 Å². The highest BCUT2D eigenvalue weighted by Gasteiger charge is 2.13. The van der Waals surface area contributed by atoms with Gasteiger partial charge in [0.05, 0.1) is 6.61 Å². The first-order chi connectivity index (χ1) is 8.25. The van der Waals surface area contributed by atoms with Crippen molar-refractivity contribution >= 4 is 15.9 Å². The normalized spacial score (nSPS) is 19.8. The highest BCUT2D eigenvalue weighted by atomic mass is 79.9. The molecule has 1 N–H and O–H groups in total. The Morgan fingerprint density at radius 1 is 1.47 bits per heavy atom. The molecule has 1 saturated heterocycles. The number of halogens is 2. The Bertz CT molecular complexity index is 366. The summed E-state index contributed by atoms with van der Waals surface area (Å²) in [4.78, 5) is 0. The van der Waals surface area contributed by atoms with Crippen molar-refractivity contribution in [3.63, 3.8) is 0 Å². The molecule has 0 aliphatic carbocycles. The third kappa shape index (κ3) is 4.05. The van der Waals surface area contributed by atoms with Gasteiger partial charge < -0.3 is 10.1 Å². The van der Waals surface area contributed by atoms with Crippen LogP contribution in [-0.4, -0.2) is 19.7 Å². The maximum atomic E-state index is 13.4. The molecule has 1 aliphatic heterocycles. The molecule has 1 aromatic rings. The van der Waals surface area contributed by atoms with Crippen LogP contribution >= 0.6 is 15.9 Å². The highest BCUT2D eigenvalue weighted by molar-refractivity contribution is 9.10. The van der Waals surface area contributed by atoms with Crippen LogP contribution in [0.25, 0.3) is 0 Å². The van der Waals surface area contributed by atoms with E-state index in [0.29, 0.717) is 18.8 Å². The lowest BCUT2D eigenvalue weighted by atomic mass is 10.1. The zero-order valence-electron chi connectivity index (χ0n) is 9.72. The Hall–Kier alpha value is -0.450. The van der Waals surface area contributed by atoms with E-state index in [1.54, 1.807) is 12.1 Å². The first-order valence-electron chi connectivity index (χ1n) is 5.98. The molecule has 0 spiro atoms. The molecule has 0 radical (unpaired) electrons. The minimum absolute atomic E-state index is 0.198. The Morgan fingerprint density at radius 3 is 3.12 bits per heavy atom. The van der Waals surface area contributed by atoms with Gasteiger partial charge in [0.2, 0.25) is 0 Å². The maximum absolute atomic E-state index is 13.4. The van der Waals surface area contributed by atoms with E-state index in [1.165, 1.54) is 12.5 Å². The van der Waals surface area contributed by atoms with Gasteiger partial charge in [-0.25, -0.2) is 4.39 Å². The van der Waals surface area contributed by atoms with Crippen LogP contribution in [0.5, 0.6) is 0 Å². The first-order valence-corrected chi connectivity index (χ1v) is 6.77. The molecule has 1 heterocycles. The van der Waals surface area contributed by atoms with Gasteiger partial charge in [0, 0.05) is 16.6 Å². The molecule has 2 nitrogen and oxygen atoms in total. The molecule has 1 atom stereocenters. The molecule has 1 unspecified atom stereocenters. The van der Waals surface area contributed by atoms with Crippen molar-refractivity contribution in [1.82, 2.24) is 5.32 Å². The highest BCUT2D eigenvalue weighted by Crippen LogP contribution is 2.17. The van der Waals surface area contributed by atoms with E-state index < -0.39 is 0 Å². The lowest BCUT2D eigenvalue weighted by Gasteiger charge is -2.09. The molecular weight excluding hydrogens is 285 g/mol. The Labute approximate surface area is 110 Å². The second-order valence-corrected chi connectivity index (χ2v) is 5.35. The van der Waals surface area contributed by atoms with Crippen LogP contribution in [0.3, 0.4) is 0 Å². The summed E-state index contributed by atoms with van der Waals surface area (Å²) < 4.78 is 19.8. The fourth-order valence-corrected chi connectivity index (χ4v) is 2.46. The Balaban J connectivity index is 1.72. The molecule has 17 heavy (non-hydrogen) atoms. The lowest BCUT2D eigenvalue weighted by molar-refractivity contribution is 0.107. The zero-order chi connectivity index (χ0) is 12.1. The fraction of sp³-hybridized carbons (Fsp3) is 0.538. The summed E-state index contributed by atoms with van der Waals surface area (Å²) in [5.41, 5.74) is 0.615. The van der Waals surface area contributed by atoms with Crippen LogP contribution < -0.4 is 5.32 Å². The van der Waals surface area contributed by atoms with Crippen LogP contribution in [-0.2, 0) is 11.3 Å². The molecule has 0 saturated carbocycles. The van der Waals surface area contributed by atoms with Gasteiger partial charge in [-0.05, 0) is 50.0 Å². The molecule has 4 heteroatoms. The number of benzene rings is 1. The second-order valence-electron chi connectivity index (χ2n) is 4.44. The van der Waals surface area contributed by atoms with Crippen LogP contribution in [0.4, 0.5) is 4.39 Å². The minimum Gasteiger partial charge on any atom is -0.377 e. The van der Waals surface area contributed by atoms with Gasteiger partial charge in [-0.1, -0.05) is 15.9 Å². The quantitative estimate of drug-likeness (QED) is 0.844. The van der Waals surface area contributed by atoms with E-state index in [1.807, 2.05) is 0 Å². The van der Waals surface area contributed by atoms with Crippen LogP contribution in [0.1, 0.15) is 18.4 Å². The van der Waals surface area contributed by atoms with E-state index >= 15 is 0 Å². The summed E-state index contributed by atoms with van der Waals surface area (Å²) >= 11 is 3.33. The Kier molecular flexibility index (Phi) is 4.95. The fourth-order valence-electron chi connectivity index (χ4n) is 2.05. The third-order valence-corrected chi connectivity index (χ3v) is 3.59. The maximum Gasteiger partial charge on any atom is 0.128 e. The summed E-state index contributed by atoms with van der Waals surface area (Å²) in [7, 11) is 0. The topological polar surface area (TPSA) is 21.3 Å². The molecule has 0 aromatic heterocycles. The summed E-state index contributed by atoms with van der Waals surface area (Å²) in [6.07, 6.45) is 2.29. The molecule has 0 bridgehead atoms. The monoisotopic (exact) mass is 301 g/mol. The summed E-state index contributed by atoms with van der Waals surface area (Å²) in [5.74, 6) is 0.526. The van der Waals surface area contributed by atoms with Crippen molar-refractivity contribution in [2.45, 2.75) is 19.4 Å². The predicted octanol–water partition coefficient (Wildman–Crippen LogP) is 3.10. The second kappa shape index (κ2) is 6.47. The predicted molar refractivity (Wildman–Crippen MR) is 69.3 cm³/mol. The zero-order valence-corrected chi connectivity index (χ0v) is 11.3. The molecule has 1 fully saturated rings. The van der Waals surface area contributed by atoms with E-state index in [4.69, 9.17) is 4.74 Å². The van der Waals surface area contributed by atoms with Gasteiger partial charge in [0.1, 0.15) is 5.82 Å². The van der Waals surface area contributed by atoms with Crippen molar-refractivity contribution in [3.05, 3.63) is 34.1 Å². The van der Waals surface area contributed by atoms with E-state index in [2.05, 4.69) is 21.2 Å². The van der Waals surface area contributed by atoms with Crippen molar-refractivity contribution in [2.24, 2.45) is 5.92 Å². The lowest BCUT2D eigenvalue weighted by Crippen LogP contribution is -2.11. The van der Waals surface area contributed by atoms with Gasteiger partial charge in [-0.3, -0.25) is 0 Å². The largest absolute Gasteiger partial charge is 0.377 e. The van der Waals surface area contributed by atoms with E-state index in [9.17, 15) is 4.39 Å². The number of hydrogen-bond acceptors (Lipinski definition) is 2. The van der Waals surface area contributed by atoms with Crippen LogP contribution in [0.2, 0.25) is 0 Å². The van der Waals surface area contributed by atoms with Gasteiger partial charge in [0.15, 0.2) is 0 Å². The van der Waals surface area contributed by atoms with Gasteiger partial charge in [0.25, 0.3) is 0 Å². The molecular formula is C13H17BrFNO. The number of ether oxygens (including phenoxy) is 1. The number of rotatable bonds is 5. The Morgan fingerprint density at radius 2 is 2.35 bits per heavy atom. The van der Waals surface area contributed by atoms with E-state index in [-0.39, 0.29) is 5.82 Å². The van der Waals surface area contributed by atoms with Crippen molar-refractivity contribution in [3.8, 4) is 0 Å². The summed E-state index contributed by atoms with van der Waals surface area (Å²) in [6, 6.07) is 4.93. The molecule has 1 aromatic carbocycles. The standard InChI is InChI=1S/C13H17BrFNO/c14-12-1-2-13(15)11(7-12)9-17-6-4-10-3-5-16-8-10/h1-2,7,10,16H,3-6,8-9H2. The summed E-state index contributed by atoms with van der Waals surface area (Å²) in [6.45, 7) is 3.27. The average Bonchev–Trinajstić information content (AvgIpc) is 2.82. The van der Waals surface area contributed by atoms with Gasteiger partial charge in [-0.15, -0.1) is 0 Å². The molecule has 0 amide bonds. The average molecular weight is 302 g/mol. The number of nitrogens with one attached hydrogen (secondary N) is 1. The van der Waals surface area contributed by atoms with Crippen molar-refractivity contribution in [1.29, 1.82) is 0 Å². The third-order valence-electron chi connectivity index (χ3n) is 3.10. The van der Waals surface area contributed by atoms with E-state index in [0.717, 1.165) is 29.9 Å². The molecule has 2 rings (SSSR count). The van der Waals surface area contributed by atoms with Crippen LogP contribution in [0, 0.1) is 11.7 Å². The van der Waals surface area contributed by atoms with Gasteiger partial charge in [-0.2, -0.15) is 0 Å². The van der Waals surface area contributed by atoms with Crippen LogP contribution in [0.15, 0.2) is 22.7 Å². The SMILES string of the molecule is Fc1ccc(Br)cc1COCCC1CCNC1. The van der Waals surface area contributed by atoms with Gasteiger partial charge >= 0.3 is 0 Å². The van der Waals surface area contributed by atoms with Crippen molar-refractivity contribution in [2.75, 3.05) is 19.7 Å². The summed E-state index contributed by atoms with van der Waals surface area (Å²) in [5, 5.41) is 3.33. The molecule has 94 valence electrons.